The molecule has 1 aromatic heterocycles. The SMILES string of the molecule is CCC(CN)c1nc(Cc2ccc(OC)c(OC)c2)no1. The number of ether oxygens (including phenoxy) is 2. The summed E-state index contributed by atoms with van der Waals surface area (Å²) in [6, 6.07) is 5.73. The van der Waals surface area contributed by atoms with E-state index in [-0.39, 0.29) is 5.92 Å². The van der Waals surface area contributed by atoms with Crippen LogP contribution in [-0.2, 0) is 6.42 Å². The van der Waals surface area contributed by atoms with Crippen LogP contribution in [0.25, 0.3) is 0 Å². The van der Waals surface area contributed by atoms with Gasteiger partial charge in [0.2, 0.25) is 5.89 Å². The highest BCUT2D eigenvalue weighted by molar-refractivity contribution is 5.43. The first-order chi connectivity index (χ1) is 10.2. The first-order valence-electron chi connectivity index (χ1n) is 6.95. The Balaban J connectivity index is 2.15. The molecule has 0 radical (unpaired) electrons. The predicted octanol–water partition coefficient (Wildman–Crippen LogP) is 2.13. The number of hydrogen-bond donors (Lipinski definition) is 1. The van der Waals surface area contributed by atoms with Crippen LogP contribution in [0.3, 0.4) is 0 Å². The second-order valence-corrected chi connectivity index (χ2v) is 4.76. The van der Waals surface area contributed by atoms with Crippen LogP contribution in [0.2, 0.25) is 0 Å². The monoisotopic (exact) mass is 291 g/mol. The molecule has 0 saturated heterocycles. The van der Waals surface area contributed by atoms with E-state index in [2.05, 4.69) is 17.1 Å². The smallest absolute Gasteiger partial charge is 0.231 e. The molecule has 2 aromatic rings. The van der Waals surface area contributed by atoms with Crippen molar-refractivity contribution in [2.24, 2.45) is 5.73 Å². The van der Waals surface area contributed by atoms with E-state index in [1.807, 2.05) is 18.2 Å². The number of hydrogen-bond acceptors (Lipinski definition) is 6. The molecule has 1 atom stereocenters. The van der Waals surface area contributed by atoms with Crippen molar-refractivity contribution in [3.8, 4) is 11.5 Å². The molecule has 6 nitrogen and oxygen atoms in total. The Hall–Kier alpha value is -2.08. The van der Waals surface area contributed by atoms with Crippen LogP contribution in [-0.4, -0.2) is 30.9 Å². The van der Waals surface area contributed by atoms with Crippen LogP contribution >= 0.6 is 0 Å². The zero-order chi connectivity index (χ0) is 15.2. The molecular formula is C15H21N3O3. The molecule has 0 aliphatic rings. The number of rotatable bonds is 7. The fraction of sp³-hybridized carbons (Fsp3) is 0.467. The number of nitrogens with two attached hydrogens (primary N) is 1. The van der Waals surface area contributed by atoms with Crippen LogP contribution in [0.1, 0.15) is 36.5 Å². The summed E-state index contributed by atoms with van der Waals surface area (Å²) in [5, 5.41) is 4.01. The average Bonchev–Trinajstić information content (AvgIpc) is 2.96. The quantitative estimate of drug-likeness (QED) is 0.841. The molecule has 0 aliphatic heterocycles. The Morgan fingerprint density at radius 2 is 2.00 bits per heavy atom. The first-order valence-corrected chi connectivity index (χ1v) is 6.95. The molecule has 2 rings (SSSR count). The van der Waals surface area contributed by atoms with E-state index in [0.29, 0.717) is 36.2 Å². The Morgan fingerprint density at radius 3 is 2.62 bits per heavy atom. The van der Waals surface area contributed by atoms with Gasteiger partial charge in [0.1, 0.15) is 0 Å². The topological polar surface area (TPSA) is 83.4 Å². The highest BCUT2D eigenvalue weighted by Gasteiger charge is 2.16. The summed E-state index contributed by atoms with van der Waals surface area (Å²) in [5.41, 5.74) is 6.72. The summed E-state index contributed by atoms with van der Waals surface area (Å²) in [6.45, 7) is 2.56. The van der Waals surface area contributed by atoms with Crippen molar-refractivity contribution in [3.63, 3.8) is 0 Å². The van der Waals surface area contributed by atoms with Gasteiger partial charge in [0.25, 0.3) is 0 Å². The maximum absolute atomic E-state index is 5.69. The van der Waals surface area contributed by atoms with Crippen molar-refractivity contribution in [3.05, 3.63) is 35.5 Å². The normalized spacial score (nSPS) is 12.2. The van der Waals surface area contributed by atoms with Crippen LogP contribution in [0.4, 0.5) is 0 Å². The van der Waals surface area contributed by atoms with E-state index in [1.165, 1.54) is 0 Å². The molecule has 2 N–H and O–H groups in total. The second kappa shape index (κ2) is 7.08. The van der Waals surface area contributed by atoms with E-state index in [9.17, 15) is 0 Å². The van der Waals surface area contributed by atoms with Crippen LogP contribution in [0.5, 0.6) is 11.5 Å². The third-order valence-electron chi connectivity index (χ3n) is 3.42. The van der Waals surface area contributed by atoms with Crippen molar-refractivity contribution in [1.82, 2.24) is 10.1 Å². The molecule has 0 amide bonds. The lowest BCUT2D eigenvalue weighted by Crippen LogP contribution is -2.11. The molecule has 0 aliphatic carbocycles. The summed E-state index contributed by atoms with van der Waals surface area (Å²) in [6.07, 6.45) is 1.46. The molecule has 114 valence electrons. The van der Waals surface area contributed by atoms with Gasteiger partial charge in [-0.15, -0.1) is 0 Å². The number of aromatic nitrogens is 2. The number of methoxy groups -OCH3 is 2. The number of nitrogens with zero attached hydrogens (tertiary/aromatic N) is 2. The largest absolute Gasteiger partial charge is 0.493 e. The maximum Gasteiger partial charge on any atom is 0.231 e. The molecule has 6 heteroatoms. The van der Waals surface area contributed by atoms with Gasteiger partial charge in [-0.25, -0.2) is 0 Å². The van der Waals surface area contributed by atoms with Crippen molar-refractivity contribution in [1.29, 1.82) is 0 Å². The molecule has 0 fully saturated rings. The molecule has 1 unspecified atom stereocenters. The minimum absolute atomic E-state index is 0.122. The molecule has 0 bridgehead atoms. The van der Waals surface area contributed by atoms with E-state index in [4.69, 9.17) is 19.7 Å². The fourth-order valence-corrected chi connectivity index (χ4v) is 2.12. The third kappa shape index (κ3) is 3.52. The summed E-state index contributed by atoms with van der Waals surface area (Å²) < 4.78 is 15.8. The van der Waals surface area contributed by atoms with Crippen molar-refractivity contribution in [2.45, 2.75) is 25.7 Å². The predicted molar refractivity (Wildman–Crippen MR) is 78.7 cm³/mol. The summed E-state index contributed by atoms with van der Waals surface area (Å²) >= 11 is 0. The Kier molecular flexibility index (Phi) is 5.16. The van der Waals surface area contributed by atoms with Crippen molar-refractivity contribution < 1.29 is 14.0 Å². The Labute approximate surface area is 124 Å². The van der Waals surface area contributed by atoms with Gasteiger partial charge < -0.3 is 19.7 Å². The molecular weight excluding hydrogens is 270 g/mol. The van der Waals surface area contributed by atoms with Gasteiger partial charge in [-0.05, 0) is 24.1 Å². The maximum atomic E-state index is 5.69. The van der Waals surface area contributed by atoms with Crippen molar-refractivity contribution >= 4 is 0 Å². The van der Waals surface area contributed by atoms with Crippen LogP contribution in [0, 0.1) is 0 Å². The highest BCUT2D eigenvalue weighted by atomic mass is 16.5. The molecule has 21 heavy (non-hydrogen) atoms. The van der Waals surface area contributed by atoms with Crippen molar-refractivity contribution in [2.75, 3.05) is 20.8 Å². The second-order valence-electron chi connectivity index (χ2n) is 4.76. The lowest BCUT2D eigenvalue weighted by atomic mass is 10.1. The highest BCUT2D eigenvalue weighted by Crippen LogP contribution is 2.28. The van der Waals surface area contributed by atoms with Gasteiger partial charge in [0.05, 0.1) is 20.1 Å². The average molecular weight is 291 g/mol. The number of benzene rings is 1. The lowest BCUT2D eigenvalue weighted by molar-refractivity contribution is 0.348. The molecule has 0 saturated carbocycles. The summed E-state index contributed by atoms with van der Waals surface area (Å²) in [7, 11) is 3.22. The summed E-state index contributed by atoms with van der Waals surface area (Å²) in [5.74, 6) is 2.76. The minimum Gasteiger partial charge on any atom is -0.493 e. The van der Waals surface area contributed by atoms with Gasteiger partial charge in [0.15, 0.2) is 17.3 Å². The van der Waals surface area contributed by atoms with Gasteiger partial charge in [-0.2, -0.15) is 4.98 Å². The van der Waals surface area contributed by atoms with E-state index < -0.39 is 0 Å². The van der Waals surface area contributed by atoms with E-state index in [0.717, 1.165) is 12.0 Å². The van der Waals surface area contributed by atoms with Gasteiger partial charge in [-0.1, -0.05) is 18.1 Å². The van der Waals surface area contributed by atoms with Gasteiger partial charge in [0, 0.05) is 13.0 Å². The lowest BCUT2D eigenvalue weighted by Gasteiger charge is -2.08. The van der Waals surface area contributed by atoms with Crippen LogP contribution < -0.4 is 15.2 Å². The molecule has 1 heterocycles. The molecule has 1 aromatic carbocycles. The standard InChI is InChI=1S/C15H21N3O3/c1-4-11(9-16)15-17-14(18-21-15)8-10-5-6-12(19-2)13(7-10)20-3/h5-7,11H,4,8-9,16H2,1-3H3. The third-order valence-corrected chi connectivity index (χ3v) is 3.42. The fourth-order valence-electron chi connectivity index (χ4n) is 2.12. The molecule has 0 spiro atoms. The Bertz CT molecular complexity index is 579. The zero-order valence-electron chi connectivity index (χ0n) is 12.6. The zero-order valence-corrected chi connectivity index (χ0v) is 12.6. The first kappa shape index (κ1) is 15.3. The van der Waals surface area contributed by atoms with Crippen LogP contribution in [0.15, 0.2) is 22.7 Å². The van der Waals surface area contributed by atoms with E-state index in [1.54, 1.807) is 14.2 Å². The van der Waals surface area contributed by atoms with E-state index >= 15 is 0 Å². The Morgan fingerprint density at radius 1 is 1.24 bits per heavy atom. The van der Waals surface area contributed by atoms with Gasteiger partial charge >= 0.3 is 0 Å². The van der Waals surface area contributed by atoms with Gasteiger partial charge in [-0.3, -0.25) is 0 Å². The minimum atomic E-state index is 0.122. The summed E-state index contributed by atoms with van der Waals surface area (Å²) in [4.78, 5) is 4.42.